The minimum absolute atomic E-state index is 0.0433. The summed E-state index contributed by atoms with van der Waals surface area (Å²) in [5.41, 5.74) is -0.661. The monoisotopic (exact) mass is 935 g/mol. The standard InChI is InChI=1S/C56H106N2O8/c1-8-10-12-14-16-18-20-22-24-26-28-30-32-34-36-38-53(61)65-49-46-48(58-52(60)41-40-51(59)57-44-42-56(5,6)64-45-43-55(3,4)63-7)47-50(49)66-54(62)39-37-35-33-31-29-27-25-23-21-19-17-15-13-11-9-2/h48-50H,8-47H2,1-7H3,(H,57,59)(H,58,60). The average molecular weight is 935 g/mol. The molecule has 66 heavy (non-hydrogen) atoms. The molecule has 1 aliphatic carbocycles. The molecule has 0 aromatic heterocycles. The van der Waals surface area contributed by atoms with Crippen molar-refractivity contribution in [2.24, 2.45) is 0 Å². The van der Waals surface area contributed by atoms with Crippen LogP contribution < -0.4 is 10.6 Å². The van der Waals surface area contributed by atoms with E-state index in [0.29, 0.717) is 45.3 Å². The minimum atomic E-state index is -0.599. The molecular weight excluding hydrogens is 829 g/mol. The smallest absolute Gasteiger partial charge is 0.306 e. The van der Waals surface area contributed by atoms with E-state index in [2.05, 4.69) is 24.5 Å². The van der Waals surface area contributed by atoms with Crippen molar-refractivity contribution in [2.75, 3.05) is 20.3 Å². The molecule has 0 heterocycles. The molecule has 1 rings (SSSR count). The average Bonchev–Trinajstić information content (AvgIpc) is 3.64. The van der Waals surface area contributed by atoms with Gasteiger partial charge in [0.2, 0.25) is 11.8 Å². The minimum Gasteiger partial charge on any atom is -0.458 e. The van der Waals surface area contributed by atoms with Crippen LogP contribution in [0.4, 0.5) is 0 Å². The highest BCUT2D eigenvalue weighted by Gasteiger charge is 2.40. The number of esters is 2. The quantitative estimate of drug-likeness (QED) is 0.0456. The third kappa shape index (κ3) is 36.8. The highest BCUT2D eigenvalue weighted by Crippen LogP contribution is 2.28. The van der Waals surface area contributed by atoms with Gasteiger partial charge in [-0.2, -0.15) is 0 Å². The van der Waals surface area contributed by atoms with E-state index in [1.54, 1.807) is 7.11 Å². The molecule has 2 N–H and O–H groups in total. The molecule has 1 fully saturated rings. The van der Waals surface area contributed by atoms with E-state index in [1.165, 1.54) is 154 Å². The SMILES string of the molecule is CCCCCCCCCCCCCCCCCC(=O)OC1CC(NC(=O)CCC(=O)NCCC(C)(C)OCCC(C)(C)OC)CC1OC(=O)CCCCCCCCCCCCCCCCC. The number of hydrogen-bond donors (Lipinski definition) is 2. The number of unbranched alkanes of at least 4 members (excludes halogenated alkanes) is 28. The van der Waals surface area contributed by atoms with Crippen LogP contribution in [0.15, 0.2) is 0 Å². The Morgan fingerprint density at radius 2 is 0.803 bits per heavy atom. The molecule has 1 saturated carbocycles. The molecule has 0 aliphatic heterocycles. The molecule has 0 aromatic rings. The third-order valence-corrected chi connectivity index (χ3v) is 13.7. The summed E-state index contributed by atoms with van der Waals surface area (Å²) in [6, 6.07) is -0.311. The lowest BCUT2D eigenvalue weighted by Gasteiger charge is -2.29. The van der Waals surface area contributed by atoms with Crippen molar-refractivity contribution in [1.29, 1.82) is 0 Å². The molecule has 1 aliphatic rings. The summed E-state index contributed by atoms with van der Waals surface area (Å²) in [5.74, 6) is -0.972. The number of hydrogen-bond acceptors (Lipinski definition) is 8. The van der Waals surface area contributed by atoms with E-state index in [1.807, 2.05) is 27.7 Å². The van der Waals surface area contributed by atoms with E-state index in [4.69, 9.17) is 18.9 Å². The Balaban J connectivity index is 2.46. The van der Waals surface area contributed by atoms with Crippen molar-refractivity contribution in [1.82, 2.24) is 10.6 Å². The largest absolute Gasteiger partial charge is 0.458 e. The van der Waals surface area contributed by atoms with Gasteiger partial charge in [0.05, 0.1) is 17.8 Å². The zero-order valence-electron chi connectivity index (χ0n) is 44.3. The first-order valence-electron chi connectivity index (χ1n) is 27.9. The highest BCUT2D eigenvalue weighted by atomic mass is 16.6. The van der Waals surface area contributed by atoms with Crippen molar-refractivity contribution in [3.63, 3.8) is 0 Å². The first kappa shape index (κ1) is 61.8. The summed E-state index contributed by atoms with van der Waals surface area (Å²) in [7, 11) is 1.70. The van der Waals surface area contributed by atoms with Gasteiger partial charge >= 0.3 is 11.9 Å². The number of amides is 2. The summed E-state index contributed by atoms with van der Waals surface area (Å²) in [4.78, 5) is 51.7. The van der Waals surface area contributed by atoms with Crippen molar-refractivity contribution < 1.29 is 38.1 Å². The summed E-state index contributed by atoms with van der Waals surface area (Å²) in [5, 5.41) is 5.95. The van der Waals surface area contributed by atoms with E-state index >= 15 is 0 Å². The fraction of sp³-hybridized carbons (Fsp3) is 0.929. The van der Waals surface area contributed by atoms with Crippen molar-refractivity contribution in [3.8, 4) is 0 Å². The van der Waals surface area contributed by atoms with Crippen molar-refractivity contribution in [2.45, 2.75) is 315 Å². The molecule has 0 bridgehead atoms. The predicted octanol–water partition coefficient (Wildman–Crippen LogP) is 14.5. The number of carbonyl (C=O) groups is 4. The summed E-state index contributed by atoms with van der Waals surface area (Å²) < 4.78 is 23.4. The van der Waals surface area contributed by atoms with Gasteiger partial charge in [-0.3, -0.25) is 19.2 Å². The number of methoxy groups -OCH3 is 1. The number of ether oxygens (including phenoxy) is 4. The second-order valence-electron chi connectivity index (χ2n) is 21.1. The molecule has 388 valence electrons. The van der Waals surface area contributed by atoms with Crippen LogP contribution >= 0.6 is 0 Å². The van der Waals surface area contributed by atoms with Crippen molar-refractivity contribution in [3.05, 3.63) is 0 Å². The van der Waals surface area contributed by atoms with Crippen LogP contribution in [0.25, 0.3) is 0 Å². The molecule has 0 spiro atoms. The van der Waals surface area contributed by atoms with Gasteiger partial charge in [0.1, 0.15) is 12.2 Å². The summed E-state index contributed by atoms with van der Waals surface area (Å²) in [6.07, 6.45) is 39.7. The zero-order chi connectivity index (χ0) is 48.6. The maximum atomic E-state index is 13.0. The molecular formula is C56H106N2O8. The molecule has 2 atom stereocenters. The lowest BCUT2D eigenvalue weighted by Crippen LogP contribution is -2.36. The number of nitrogens with one attached hydrogen (secondary N) is 2. The van der Waals surface area contributed by atoms with Crippen LogP contribution in [0.5, 0.6) is 0 Å². The van der Waals surface area contributed by atoms with Gasteiger partial charge in [-0.25, -0.2) is 0 Å². The molecule has 10 heteroatoms. The van der Waals surface area contributed by atoms with Gasteiger partial charge in [0.25, 0.3) is 0 Å². The molecule has 2 unspecified atom stereocenters. The van der Waals surface area contributed by atoms with Crippen LogP contribution in [0.1, 0.15) is 286 Å². The van der Waals surface area contributed by atoms with Gasteiger partial charge in [-0.1, -0.05) is 194 Å². The summed E-state index contributed by atoms with van der Waals surface area (Å²) >= 11 is 0. The lowest BCUT2D eigenvalue weighted by molar-refractivity contribution is -0.165. The first-order chi connectivity index (χ1) is 31.8. The molecule has 2 amide bonds. The maximum Gasteiger partial charge on any atom is 0.306 e. The molecule has 0 aromatic carbocycles. The highest BCUT2D eigenvalue weighted by molar-refractivity contribution is 5.83. The van der Waals surface area contributed by atoms with Crippen LogP contribution in [-0.2, 0) is 38.1 Å². The van der Waals surface area contributed by atoms with Crippen LogP contribution in [0.2, 0.25) is 0 Å². The Kier molecular flexibility index (Phi) is 38.1. The Labute approximate surface area is 406 Å². The van der Waals surface area contributed by atoms with E-state index in [-0.39, 0.29) is 48.2 Å². The fourth-order valence-corrected chi connectivity index (χ4v) is 8.93. The van der Waals surface area contributed by atoms with Crippen molar-refractivity contribution >= 4 is 23.8 Å². The van der Waals surface area contributed by atoms with E-state index in [9.17, 15) is 19.2 Å². The van der Waals surface area contributed by atoms with E-state index in [0.717, 1.165) is 44.9 Å². The van der Waals surface area contributed by atoms with Gasteiger partial charge in [-0.05, 0) is 53.4 Å². The van der Waals surface area contributed by atoms with Crippen LogP contribution in [0.3, 0.4) is 0 Å². The van der Waals surface area contributed by atoms with Crippen LogP contribution in [0, 0.1) is 0 Å². The Bertz CT molecular complexity index is 1150. The Morgan fingerprint density at radius 3 is 1.17 bits per heavy atom. The topological polar surface area (TPSA) is 129 Å². The van der Waals surface area contributed by atoms with Gasteiger partial charge < -0.3 is 29.6 Å². The first-order valence-corrected chi connectivity index (χ1v) is 27.9. The Hall–Kier alpha value is -2.20. The Morgan fingerprint density at radius 1 is 0.455 bits per heavy atom. The van der Waals surface area contributed by atoms with Gasteiger partial charge in [-0.15, -0.1) is 0 Å². The second-order valence-corrected chi connectivity index (χ2v) is 21.1. The summed E-state index contributed by atoms with van der Waals surface area (Å²) in [6.45, 7) is 13.6. The van der Waals surface area contributed by atoms with Gasteiger partial charge in [0.15, 0.2) is 0 Å². The third-order valence-electron chi connectivity index (χ3n) is 13.7. The second kappa shape index (κ2) is 40.7. The fourth-order valence-electron chi connectivity index (χ4n) is 8.93. The molecule has 10 nitrogen and oxygen atoms in total. The maximum absolute atomic E-state index is 13.0. The molecule has 0 radical (unpaired) electrons. The zero-order valence-corrected chi connectivity index (χ0v) is 44.3. The van der Waals surface area contributed by atoms with Crippen LogP contribution in [-0.4, -0.2) is 73.5 Å². The van der Waals surface area contributed by atoms with Gasteiger partial charge in [0, 0.05) is 58.2 Å². The normalized spacial score (nSPS) is 16.4. The number of carbonyl (C=O) groups excluding carboxylic acids is 4. The predicted molar refractivity (Wildman–Crippen MR) is 273 cm³/mol. The molecule has 0 saturated heterocycles. The number of rotatable bonds is 46. The lowest BCUT2D eigenvalue weighted by atomic mass is 10.0. The van der Waals surface area contributed by atoms with E-state index < -0.39 is 17.8 Å².